The average molecular weight is 312 g/mol. The molecule has 1 fully saturated rings. The highest BCUT2D eigenvalue weighted by Crippen LogP contribution is 2.24. The van der Waals surface area contributed by atoms with Crippen molar-refractivity contribution < 1.29 is 5.11 Å². The average Bonchev–Trinajstić information content (AvgIpc) is 2.32. The smallest absolute Gasteiger partial charge is 0.0543 e. The third-order valence-corrected chi connectivity index (χ3v) is 4.45. The molecule has 0 amide bonds. The van der Waals surface area contributed by atoms with Crippen LogP contribution in [0.25, 0.3) is 0 Å². The zero-order chi connectivity index (χ0) is 13.0. The number of hydrogen-bond donors (Lipinski definition) is 2. The summed E-state index contributed by atoms with van der Waals surface area (Å²) < 4.78 is 1.18. The zero-order valence-corrected chi connectivity index (χ0v) is 12.5. The second-order valence-corrected chi connectivity index (χ2v) is 6.27. The lowest BCUT2D eigenvalue weighted by Gasteiger charge is -2.26. The predicted octanol–water partition coefficient (Wildman–Crippen LogP) is 3.40. The van der Waals surface area contributed by atoms with E-state index >= 15 is 0 Å². The van der Waals surface area contributed by atoms with Crippen molar-refractivity contribution in [2.45, 2.75) is 45.3 Å². The number of hydrogen-bond acceptors (Lipinski definition) is 2. The highest BCUT2D eigenvalue weighted by atomic mass is 79.9. The highest BCUT2D eigenvalue weighted by molar-refractivity contribution is 9.10. The largest absolute Gasteiger partial charge is 0.393 e. The van der Waals surface area contributed by atoms with E-state index in [9.17, 15) is 5.11 Å². The van der Waals surface area contributed by atoms with Crippen molar-refractivity contribution in [2.75, 3.05) is 6.54 Å². The molecule has 1 aromatic rings. The van der Waals surface area contributed by atoms with Gasteiger partial charge in [-0.05, 0) is 55.8 Å². The van der Waals surface area contributed by atoms with Gasteiger partial charge in [-0.15, -0.1) is 0 Å². The molecular weight excluding hydrogens is 290 g/mol. The van der Waals surface area contributed by atoms with Crippen molar-refractivity contribution in [1.29, 1.82) is 0 Å². The van der Waals surface area contributed by atoms with E-state index < -0.39 is 0 Å². The first-order valence-electron chi connectivity index (χ1n) is 6.79. The standard InChI is InChI=1S/C15H22BrNO/c1-11-5-6-13(15(16)7-11)10-17-9-12-3-2-4-14(18)8-12/h5-7,12,14,17-18H,2-4,8-10H2,1H3. The molecule has 0 bridgehead atoms. The third-order valence-electron chi connectivity index (χ3n) is 3.71. The number of aliphatic hydroxyl groups is 1. The number of aryl methyl sites for hydroxylation is 1. The first kappa shape index (κ1) is 14.0. The molecule has 0 spiro atoms. The summed E-state index contributed by atoms with van der Waals surface area (Å²) in [6.45, 7) is 4.01. The lowest BCUT2D eigenvalue weighted by Crippen LogP contribution is -2.29. The van der Waals surface area contributed by atoms with Crippen LogP contribution in [0.1, 0.15) is 36.8 Å². The summed E-state index contributed by atoms with van der Waals surface area (Å²) in [6.07, 6.45) is 4.29. The molecule has 2 rings (SSSR count). The van der Waals surface area contributed by atoms with E-state index in [0.29, 0.717) is 5.92 Å². The number of aliphatic hydroxyl groups excluding tert-OH is 1. The van der Waals surface area contributed by atoms with Crippen molar-refractivity contribution in [3.05, 3.63) is 33.8 Å². The Labute approximate surface area is 118 Å². The van der Waals surface area contributed by atoms with Gasteiger partial charge in [0.15, 0.2) is 0 Å². The summed E-state index contributed by atoms with van der Waals surface area (Å²) >= 11 is 3.60. The molecule has 1 saturated carbocycles. The summed E-state index contributed by atoms with van der Waals surface area (Å²) in [5, 5.41) is 13.1. The lowest BCUT2D eigenvalue weighted by atomic mass is 9.87. The summed E-state index contributed by atoms with van der Waals surface area (Å²) in [7, 11) is 0. The van der Waals surface area contributed by atoms with E-state index in [-0.39, 0.29) is 6.10 Å². The third kappa shape index (κ3) is 4.08. The number of nitrogens with one attached hydrogen (secondary N) is 1. The van der Waals surface area contributed by atoms with Crippen LogP contribution in [0.2, 0.25) is 0 Å². The molecule has 1 aromatic carbocycles. The Balaban J connectivity index is 1.77. The van der Waals surface area contributed by atoms with Gasteiger partial charge < -0.3 is 10.4 Å². The molecule has 18 heavy (non-hydrogen) atoms. The zero-order valence-electron chi connectivity index (χ0n) is 11.0. The first-order chi connectivity index (χ1) is 8.65. The Kier molecular flexibility index (Phi) is 5.22. The highest BCUT2D eigenvalue weighted by Gasteiger charge is 2.19. The molecule has 0 aliphatic heterocycles. The van der Waals surface area contributed by atoms with Gasteiger partial charge in [-0.3, -0.25) is 0 Å². The summed E-state index contributed by atoms with van der Waals surface area (Å²) in [5.74, 6) is 0.637. The van der Waals surface area contributed by atoms with Gasteiger partial charge in [-0.1, -0.05) is 34.5 Å². The SMILES string of the molecule is Cc1ccc(CNCC2CCCC(O)C2)c(Br)c1. The van der Waals surface area contributed by atoms with Gasteiger partial charge in [-0.2, -0.15) is 0 Å². The van der Waals surface area contributed by atoms with Crippen LogP contribution >= 0.6 is 15.9 Å². The van der Waals surface area contributed by atoms with E-state index in [1.165, 1.54) is 28.4 Å². The topological polar surface area (TPSA) is 32.3 Å². The maximum atomic E-state index is 9.64. The van der Waals surface area contributed by atoms with E-state index in [1.54, 1.807) is 0 Å². The van der Waals surface area contributed by atoms with Crippen LogP contribution in [0.15, 0.2) is 22.7 Å². The molecule has 100 valence electrons. The molecule has 0 saturated heterocycles. The van der Waals surface area contributed by atoms with Gasteiger partial charge in [-0.25, -0.2) is 0 Å². The molecule has 2 atom stereocenters. The van der Waals surface area contributed by atoms with Gasteiger partial charge >= 0.3 is 0 Å². The summed E-state index contributed by atoms with van der Waals surface area (Å²) in [5.41, 5.74) is 2.58. The molecule has 1 aliphatic carbocycles. The first-order valence-corrected chi connectivity index (χ1v) is 7.58. The van der Waals surface area contributed by atoms with E-state index in [1.807, 2.05) is 0 Å². The summed E-state index contributed by atoms with van der Waals surface area (Å²) in [6, 6.07) is 6.47. The Morgan fingerprint density at radius 2 is 2.22 bits per heavy atom. The maximum absolute atomic E-state index is 9.64. The van der Waals surface area contributed by atoms with Crippen LogP contribution in [0, 0.1) is 12.8 Å². The van der Waals surface area contributed by atoms with Gasteiger partial charge in [0.05, 0.1) is 6.10 Å². The minimum atomic E-state index is -0.0725. The van der Waals surface area contributed by atoms with Crippen LogP contribution in [-0.4, -0.2) is 17.8 Å². The van der Waals surface area contributed by atoms with Crippen LogP contribution < -0.4 is 5.32 Å². The van der Waals surface area contributed by atoms with Crippen LogP contribution in [0.4, 0.5) is 0 Å². The quantitative estimate of drug-likeness (QED) is 0.893. The van der Waals surface area contributed by atoms with E-state index in [4.69, 9.17) is 0 Å². The van der Waals surface area contributed by atoms with Gasteiger partial charge in [0.2, 0.25) is 0 Å². The molecule has 2 nitrogen and oxygen atoms in total. The molecule has 0 heterocycles. The molecule has 1 aliphatic rings. The lowest BCUT2D eigenvalue weighted by molar-refractivity contribution is 0.101. The van der Waals surface area contributed by atoms with Crippen LogP contribution in [-0.2, 0) is 6.54 Å². The number of rotatable bonds is 4. The summed E-state index contributed by atoms with van der Waals surface area (Å²) in [4.78, 5) is 0. The Bertz CT molecular complexity index is 394. The van der Waals surface area contributed by atoms with Crippen molar-refractivity contribution >= 4 is 15.9 Å². The molecule has 0 aromatic heterocycles. The minimum Gasteiger partial charge on any atom is -0.393 e. The van der Waals surface area contributed by atoms with Crippen molar-refractivity contribution in [2.24, 2.45) is 5.92 Å². The Morgan fingerprint density at radius 3 is 2.94 bits per heavy atom. The fourth-order valence-corrected chi connectivity index (χ4v) is 3.29. The van der Waals surface area contributed by atoms with Gasteiger partial charge in [0.25, 0.3) is 0 Å². The second kappa shape index (κ2) is 6.69. The van der Waals surface area contributed by atoms with E-state index in [0.717, 1.165) is 25.9 Å². The number of benzene rings is 1. The maximum Gasteiger partial charge on any atom is 0.0543 e. The van der Waals surface area contributed by atoms with Crippen LogP contribution in [0.3, 0.4) is 0 Å². The molecule has 3 heteroatoms. The van der Waals surface area contributed by atoms with E-state index in [2.05, 4.69) is 46.4 Å². The normalized spacial score (nSPS) is 24.2. The van der Waals surface area contributed by atoms with Gasteiger partial charge in [0.1, 0.15) is 0 Å². The Morgan fingerprint density at radius 1 is 1.39 bits per heavy atom. The van der Waals surface area contributed by atoms with Crippen molar-refractivity contribution in [3.63, 3.8) is 0 Å². The molecule has 0 radical (unpaired) electrons. The molecule has 2 unspecified atom stereocenters. The molecular formula is C15H22BrNO. The van der Waals surface area contributed by atoms with Crippen LogP contribution in [0.5, 0.6) is 0 Å². The molecule has 2 N–H and O–H groups in total. The fourth-order valence-electron chi connectivity index (χ4n) is 2.65. The Hall–Kier alpha value is -0.380. The monoisotopic (exact) mass is 311 g/mol. The predicted molar refractivity (Wildman–Crippen MR) is 78.6 cm³/mol. The van der Waals surface area contributed by atoms with Crippen molar-refractivity contribution in [3.8, 4) is 0 Å². The second-order valence-electron chi connectivity index (χ2n) is 5.41. The van der Waals surface area contributed by atoms with Gasteiger partial charge in [0, 0.05) is 11.0 Å². The fraction of sp³-hybridized carbons (Fsp3) is 0.600. The van der Waals surface area contributed by atoms with Crippen molar-refractivity contribution in [1.82, 2.24) is 5.32 Å². The minimum absolute atomic E-state index is 0.0725. The number of halogens is 1.